The third-order valence-corrected chi connectivity index (χ3v) is 2.73. The fourth-order valence-corrected chi connectivity index (χ4v) is 1.60. The third kappa shape index (κ3) is 6.40. The van der Waals surface area contributed by atoms with Crippen LogP contribution in [-0.4, -0.2) is 56.3 Å². The highest BCUT2D eigenvalue weighted by Gasteiger charge is 1.99. The summed E-state index contributed by atoms with van der Waals surface area (Å²) in [5.41, 5.74) is 0. The second-order valence-corrected chi connectivity index (χ2v) is 4.16. The van der Waals surface area contributed by atoms with Crippen molar-refractivity contribution in [1.29, 1.82) is 0 Å². The largest absolute Gasteiger partial charge is 0.314 e. The standard InChI is InChI=1S/C8H19BrN4/c9-13-7-5-11-3-1-10-2-4-12-6-8-13/h10-12H,1-8H2. The predicted molar refractivity (Wildman–Crippen MR) is 59.1 cm³/mol. The summed E-state index contributed by atoms with van der Waals surface area (Å²) in [7, 11) is 0. The second kappa shape index (κ2) is 7.70. The van der Waals surface area contributed by atoms with Gasteiger partial charge in [0.05, 0.1) is 0 Å². The Balaban J connectivity index is 2.11. The van der Waals surface area contributed by atoms with E-state index in [1.54, 1.807) is 0 Å². The fourth-order valence-electron chi connectivity index (χ4n) is 1.24. The molecule has 1 heterocycles. The fraction of sp³-hybridized carbons (Fsp3) is 1.00. The van der Waals surface area contributed by atoms with E-state index in [2.05, 4.69) is 36.0 Å². The Morgan fingerprint density at radius 1 is 0.692 bits per heavy atom. The van der Waals surface area contributed by atoms with E-state index in [0.29, 0.717) is 0 Å². The van der Waals surface area contributed by atoms with Crippen LogP contribution in [0.3, 0.4) is 0 Å². The lowest BCUT2D eigenvalue weighted by atomic mass is 10.4. The molecule has 1 rings (SSSR count). The van der Waals surface area contributed by atoms with Crippen LogP contribution in [0.4, 0.5) is 0 Å². The van der Waals surface area contributed by atoms with E-state index in [9.17, 15) is 0 Å². The van der Waals surface area contributed by atoms with Crippen LogP contribution in [0.5, 0.6) is 0 Å². The lowest BCUT2D eigenvalue weighted by molar-refractivity contribution is 0.445. The summed E-state index contributed by atoms with van der Waals surface area (Å²) in [5.74, 6) is 0. The lowest BCUT2D eigenvalue weighted by Crippen LogP contribution is -2.38. The van der Waals surface area contributed by atoms with Gasteiger partial charge in [0.1, 0.15) is 0 Å². The number of halogens is 1. The Kier molecular flexibility index (Phi) is 6.75. The molecule has 78 valence electrons. The summed E-state index contributed by atoms with van der Waals surface area (Å²) in [6.07, 6.45) is 0. The highest BCUT2D eigenvalue weighted by atomic mass is 79.9. The van der Waals surface area contributed by atoms with Crippen LogP contribution in [0, 0.1) is 0 Å². The molecule has 1 aliphatic rings. The van der Waals surface area contributed by atoms with Gasteiger partial charge in [-0.2, -0.15) is 0 Å². The van der Waals surface area contributed by atoms with Crippen molar-refractivity contribution >= 4 is 16.1 Å². The number of rotatable bonds is 0. The minimum absolute atomic E-state index is 1.05. The maximum absolute atomic E-state index is 3.52. The van der Waals surface area contributed by atoms with Crippen molar-refractivity contribution in [2.45, 2.75) is 0 Å². The van der Waals surface area contributed by atoms with Gasteiger partial charge < -0.3 is 16.0 Å². The van der Waals surface area contributed by atoms with Crippen molar-refractivity contribution in [1.82, 2.24) is 19.9 Å². The molecule has 1 aliphatic heterocycles. The van der Waals surface area contributed by atoms with E-state index < -0.39 is 0 Å². The van der Waals surface area contributed by atoms with Crippen molar-refractivity contribution in [3.05, 3.63) is 0 Å². The van der Waals surface area contributed by atoms with Crippen LogP contribution >= 0.6 is 16.1 Å². The normalized spacial score (nSPS) is 24.7. The van der Waals surface area contributed by atoms with E-state index in [1.807, 2.05) is 0 Å². The monoisotopic (exact) mass is 250 g/mol. The van der Waals surface area contributed by atoms with Crippen molar-refractivity contribution in [2.24, 2.45) is 0 Å². The highest BCUT2D eigenvalue weighted by molar-refractivity contribution is 9.07. The van der Waals surface area contributed by atoms with Crippen molar-refractivity contribution < 1.29 is 0 Å². The van der Waals surface area contributed by atoms with Gasteiger partial charge in [-0.3, -0.25) is 0 Å². The molecule has 0 aromatic heterocycles. The first-order valence-corrected chi connectivity index (χ1v) is 5.63. The van der Waals surface area contributed by atoms with Crippen LogP contribution in [-0.2, 0) is 0 Å². The van der Waals surface area contributed by atoms with E-state index in [4.69, 9.17) is 0 Å². The first-order valence-electron chi connectivity index (χ1n) is 4.92. The van der Waals surface area contributed by atoms with Crippen LogP contribution < -0.4 is 16.0 Å². The maximum Gasteiger partial charge on any atom is 0.0218 e. The summed E-state index contributed by atoms with van der Waals surface area (Å²) in [5, 5.41) is 10.1. The van der Waals surface area contributed by atoms with Gasteiger partial charge in [0.15, 0.2) is 0 Å². The molecule has 0 unspecified atom stereocenters. The Morgan fingerprint density at radius 2 is 1.08 bits per heavy atom. The molecule has 0 amide bonds. The van der Waals surface area contributed by atoms with Crippen LogP contribution in [0.15, 0.2) is 0 Å². The molecule has 0 spiro atoms. The average Bonchev–Trinajstić information content (AvgIpc) is 2.11. The smallest absolute Gasteiger partial charge is 0.0218 e. The number of hydrogen-bond donors (Lipinski definition) is 3. The topological polar surface area (TPSA) is 39.3 Å². The average molecular weight is 251 g/mol. The highest BCUT2D eigenvalue weighted by Crippen LogP contribution is 1.93. The summed E-state index contributed by atoms with van der Waals surface area (Å²) >= 11 is 3.52. The summed E-state index contributed by atoms with van der Waals surface area (Å²) in [6, 6.07) is 0. The molecule has 13 heavy (non-hydrogen) atoms. The van der Waals surface area contributed by atoms with E-state index >= 15 is 0 Å². The quantitative estimate of drug-likeness (QED) is 0.502. The van der Waals surface area contributed by atoms with Gasteiger partial charge in [-0.15, -0.1) is 0 Å². The molecule has 0 atom stereocenters. The first kappa shape index (κ1) is 11.4. The molecule has 0 aromatic rings. The number of nitrogens with one attached hydrogen (secondary N) is 3. The van der Waals surface area contributed by atoms with E-state index in [1.165, 1.54) is 0 Å². The number of hydrogen-bond acceptors (Lipinski definition) is 4. The molecule has 0 aliphatic carbocycles. The van der Waals surface area contributed by atoms with Crippen LogP contribution in [0.1, 0.15) is 0 Å². The summed E-state index contributed by atoms with van der Waals surface area (Å²) < 4.78 is 2.17. The molecule has 0 bridgehead atoms. The molecule has 4 nitrogen and oxygen atoms in total. The van der Waals surface area contributed by atoms with E-state index in [-0.39, 0.29) is 0 Å². The zero-order valence-corrected chi connectivity index (χ0v) is 9.57. The van der Waals surface area contributed by atoms with Crippen LogP contribution in [0.25, 0.3) is 0 Å². The molecule has 0 radical (unpaired) electrons. The van der Waals surface area contributed by atoms with Gasteiger partial charge in [-0.1, -0.05) is 0 Å². The predicted octanol–water partition coefficient (Wildman–Crippen LogP) is -0.619. The van der Waals surface area contributed by atoms with Crippen LogP contribution in [0.2, 0.25) is 0 Å². The zero-order chi connectivity index (χ0) is 9.36. The van der Waals surface area contributed by atoms with Gasteiger partial charge in [0, 0.05) is 68.5 Å². The SMILES string of the molecule is BrN1CCNCCNCCNCC1. The summed E-state index contributed by atoms with van der Waals surface area (Å²) in [6.45, 7) is 8.44. The Bertz CT molecular complexity index is 111. The molecule has 3 N–H and O–H groups in total. The Labute approximate surface area is 88.8 Å². The molecule has 0 aromatic carbocycles. The molecule has 1 saturated heterocycles. The second-order valence-electron chi connectivity index (χ2n) is 3.16. The van der Waals surface area contributed by atoms with Crippen molar-refractivity contribution in [3.8, 4) is 0 Å². The molecule has 0 saturated carbocycles. The van der Waals surface area contributed by atoms with Gasteiger partial charge in [0.2, 0.25) is 0 Å². The number of nitrogens with zero attached hydrogens (tertiary/aromatic N) is 1. The maximum atomic E-state index is 3.52. The zero-order valence-electron chi connectivity index (χ0n) is 7.98. The van der Waals surface area contributed by atoms with E-state index in [0.717, 1.165) is 52.4 Å². The van der Waals surface area contributed by atoms with Gasteiger partial charge >= 0.3 is 0 Å². The molecular formula is C8H19BrN4. The minimum atomic E-state index is 1.05. The van der Waals surface area contributed by atoms with Crippen molar-refractivity contribution in [2.75, 3.05) is 52.4 Å². The van der Waals surface area contributed by atoms with Crippen molar-refractivity contribution in [3.63, 3.8) is 0 Å². The van der Waals surface area contributed by atoms with Gasteiger partial charge in [-0.25, -0.2) is 3.93 Å². The summed E-state index contributed by atoms with van der Waals surface area (Å²) in [4.78, 5) is 0. The molecule has 5 heteroatoms. The Morgan fingerprint density at radius 3 is 1.54 bits per heavy atom. The lowest BCUT2D eigenvalue weighted by Gasteiger charge is -2.16. The van der Waals surface area contributed by atoms with Gasteiger partial charge in [-0.05, 0) is 0 Å². The Hall–Kier alpha value is 0.320. The first-order chi connectivity index (χ1) is 6.39. The third-order valence-electron chi connectivity index (χ3n) is 2.02. The minimum Gasteiger partial charge on any atom is -0.314 e. The molecule has 1 fully saturated rings. The van der Waals surface area contributed by atoms with Gasteiger partial charge in [0.25, 0.3) is 0 Å². The molecular weight excluding hydrogens is 232 g/mol.